The largest absolute Gasteiger partial charge is 0.271 e. The highest BCUT2D eigenvalue weighted by Gasteiger charge is 2.35. The molecule has 1 aromatic rings. The molecule has 1 aromatic carbocycles. The number of hydrogen-bond donors (Lipinski definition) is 0. The highest BCUT2D eigenvalue weighted by atomic mass is 32.2. The lowest BCUT2D eigenvalue weighted by Crippen LogP contribution is -2.42. The van der Waals surface area contributed by atoms with E-state index in [1.807, 2.05) is 19.1 Å². The summed E-state index contributed by atoms with van der Waals surface area (Å²) in [7, 11) is -3.72. The van der Waals surface area contributed by atoms with Gasteiger partial charge in [0.15, 0.2) is 0 Å². The zero-order valence-electron chi connectivity index (χ0n) is 15.9. The molecule has 4 heteroatoms. The second-order valence-electron chi connectivity index (χ2n) is 7.45. The second-order valence-corrected chi connectivity index (χ2v) is 9.27. The SMILES string of the molecule is C#C[C@H]1CCCC[C@H]1N(C#CC1=CCCCC1)S(=O)(=O)c1ccc(C)cc1. The van der Waals surface area contributed by atoms with Crippen LogP contribution in [0.1, 0.15) is 56.9 Å². The minimum absolute atomic E-state index is 0.0893. The molecule has 2 atom stereocenters. The van der Waals surface area contributed by atoms with Crippen molar-refractivity contribution in [1.82, 2.24) is 4.31 Å². The van der Waals surface area contributed by atoms with Crippen LogP contribution in [0.15, 0.2) is 40.8 Å². The maximum absolute atomic E-state index is 13.4. The van der Waals surface area contributed by atoms with Gasteiger partial charge in [-0.1, -0.05) is 36.6 Å². The number of hydrogen-bond acceptors (Lipinski definition) is 2. The Bertz CT molecular complexity index is 894. The van der Waals surface area contributed by atoms with Gasteiger partial charge in [-0.3, -0.25) is 0 Å². The van der Waals surface area contributed by atoms with Gasteiger partial charge in [0.05, 0.1) is 10.9 Å². The minimum atomic E-state index is -3.72. The van der Waals surface area contributed by atoms with Gasteiger partial charge in [0.1, 0.15) is 0 Å². The van der Waals surface area contributed by atoms with Gasteiger partial charge in [0, 0.05) is 12.0 Å². The fourth-order valence-electron chi connectivity index (χ4n) is 3.81. The lowest BCUT2D eigenvalue weighted by molar-refractivity contribution is 0.265. The second kappa shape index (κ2) is 8.68. The molecule has 0 aliphatic heterocycles. The Kier molecular flexibility index (Phi) is 6.30. The van der Waals surface area contributed by atoms with Crippen molar-refractivity contribution in [3.63, 3.8) is 0 Å². The Morgan fingerprint density at radius 2 is 1.81 bits per heavy atom. The lowest BCUT2D eigenvalue weighted by Gasteiger charge is -2.34. The smallest absolute Gasteiger partial charge is 0.220 e. The molecule has 3 nitrogen and oxygen atoms in total. The standard InChI is InChI=1S/C23H27NO2S/c1-3-21-11-7-8-12-23(21)24(18-17-20-9-5-4-6-10-20)27(25,26)22-15-13-19(2)14-16-22/h1,9,13-16,21,23H,4-8,10-12H2,2H3/t21-,23+/m0/s1. The molecule has 1 fully saturated rings. The molecule has 0 heterocycles. The van der Waals surface area contributed by atoms with E-state index in [-0.39, 0.29) is 16.9 Å². The minimum Gasteiger partial charge on any atom is -0.220 e. The molecular weight excluding hydrogens is 354 g/mol. The van der Waals surface area contributed by atoms with Crippen LogP contribution >= 0.6 is 0 Å². The fourth-order valence-corrected chi connectivity index (χ4v) is 5.29. The zero-order valence-corrected chi connectivity index (χ0v) is 16.8. The van der Waals surface area contributed by atoms with E-state index in [0.29, 0.717) is 0 Å². The number of benzene rings is 1. The number of aryl methyl sites for hydroxylation is 1. The van der Waals surface area contributed by atoms with Gasteiger partial charge in [-0.2, -0.15) is 0 Å². The summed E-state index contributed by atoms with van der Waals surface area (Å²) in [5, 5.41) is 0. The van der Waals surface area contributed by atoms with Crippen molar-refractivity contribution < 1.29 is 8.42 Å². The molecule has 142 valence electrons. The van der Waals surface area contributed by atoms with E-state index in [1.54, 1.807) is 12.1 Å². The van der Waals surface area contributed by atoms with E-state index in [2.05, 4.69) is 24.0 Å². The van der Waals surface area contributed by atoms with E-state index in [4.69, 9.17) is 6.42 Å². The molecule has 0 amide bonds. The maximum Gasteiger partial charge on any atom is 0.271 e. The van der Waals surface area contributed by atoms with Crippen LogP contribution in [-0.2, 0) is 10.0 Å². The third-order valence-electron chi connectivity index (χ3n) is 5.44. The predicted octanol–water partition coefficient (Wildman–Crippen LogP) is 4.64. The highest BCUT2D eigenvalue weighted by Crippen LogP contribution is 2.31. The summed E-state index contributed by atoms with van der Waals surface area (Å²) in [6.45, 7) is 1.94. The molecule has 1 saturated carbocycles. The van der Waals surface area contributed by atoms with E-state index >= 15 is 0 Å². The summed E-state index contributed by atoms with van der Waals surface area (Å²) in [4.78, 5) is 0.279. The summed E-state index contributed by atoms with van der Waals surface area (Å²) in [5.74, 6) is 5.87. The van der Waals surface area contributed by atoms with Crippen molar-refractivity contribution in [2.45, 2.75) is 69.2 Å². The van der Waals surface area contributed by atoms with Crippen LogP contribution in [0.2, 0.25) is 0 Å². The van der Waals surface area contributed by atoms with E-state index < -0.39 is 10.0 Å². The van der Waals surface area contributed by atoms with E-state index in [1.165, 1.54) is 10.7 Å². The number of terminal acetylenes is 1. The highest BCUT2D eigenvalue weighted by molar-refractivity contribution is 7.89. The first-order valence-corrected chi connectivity index (χ1v) is 11.2. The van der Waals surface area contributed by atoms with Crippen LogP contribution in [-0.4, -0.2) is 18.8 Å². The van der Waals surface area contributed by atoms with Crippen molar-refractivity contribution in [3.8, 4) is 24.3 Å². The maximum atomic E-state index is 13.4. The van der Waals surface area contributed by atoms with E-state index in [9.17, 15) is 8.42 Å². The molecule has 2 aliphatic rings. The van der Waals surface area contributed by atoms with Gasteiger partial charge in [-0.15, -0.1) is 12.3 Å². The van der Waals surface area contributed by atoms with Gasteiger partial charge in [-0.25, -0.2) is 12.7 Å². The molecule has 0 N–H and O–H groups in total. The Morgan fingerprint density at radius 1 is 1.07 bits per heavy atom. The fraction of sp³-hybridized carbons (Fsp3) is 0.478. The third kappa shape index (κ3) is 4.57. The lowest BCUT2D eigenvalue weighted by atomic mass is 9.85. The summed E-state index contributed by atoms with van der Waals surface area (Å²) in [6, 6.07) is 9.71. The van der Waals surface area contributed by atoms with Crippen LogP contribution in [0.25, 0.3) is 0 Å². The molecule has 0 saturated heterocycles. The first-order chi connectivity index (χ1) is 13.0. The summed E-state index contributed by atoms with van der Waals surface area (Å²) in [5.41, 5.74) is 2.07. The summed E-state index contributed by atoms with van der Waals surface area (Å²) in [6.07, 6.45) is 15.7. The molecule has 0 spiro atoms. The van der Waals surface area contributed by atoms with Crippen LogP contribution in [0.3, 0.4) is 0 Å². The van der Waals surface area contributed by atoms with E-state index in [0.717, 1.165) is 56.1 Å². The predicted molar refractivity (Wildman–Crippen MR) is 109 cm³/mol. The zero-order chi connectivity index (χ0) is 19.3. The number of sulfonamides is 1. The quantitative estimate of drug-likeness (QED) is 0.565. The third-order valence-corrected chi connectivity index (χ3v) is 7.19. The Morgan fingerprint density at radius 3 is 2.48 bits per heavy atom. The average molecular weight is 382 g/mol. The Balaban J connectivity index is 2.01. The van der Waals surface area contributed by atoms with Gasteiger partial charge in [0.2, 0.25) is 0 Å². The number of rotatable bonds is 3. The van der Waals surface area contributed by atoms with Crippen LogP contribution < -0.4 is 0 Å². The van der Waals surface area contributed by atoms with Crippen LogP contribution in [0.5, 0.6) is 0 Å². The first kappa shape index (κ1) is 19.6. The molecular formula is C23H27NO2S. The molecule has 3 rings (SSSR count). The van der Waals surface area contributed by atoms with Crippen LogP contribution in [0.4, 0.5) is 0 Å². The number of nitrogens with zero attached hydrogens (tertiary/aromatic N) is 1. The Labute approximate surface area is 163 Å². The van der Waals surface area contributed by atoms with Gasteiger partial charge in [-0.05, 0) is 69.1 Å². The molecule has 0 radical (unpaired) electrons. The molecule has 27 heavy (non-hydrogen) atoms. The van der Waals surface area contributed by atoms with Crippen molar-refractivity contribution in [2.75, 3.05) is 0 Å². The van der Waals surface area contributed by atoms with Crippen molar-refractivity contribution in [1.29, 1.82) is 0 Å². The van der Waals surface area contributed by atoms with Gasteiger partial charge in [0.25, 0.3) is 10.0 Å². The topological polar surface area (TPSA) is 37.4 Å². The summed E-state index contributed by atoms with van der Waals surface area (Å²) < 4.78 is 28.2. The van der Waals surface area contributed by atoms with Crippen molar-refractivity contribution in [3.05, 3.63) is 41.5 Å². The summed E-state index contributed by atoms with van der Waals surface area (Å²) >= 11 is 0. The number of allylic oxidation sites excluding steroid dienone is 2. The Hall–Kier alpha value is -2.17. The van der Waals surface area contributed by atoms with Crippen LogP contribution in [0, 0.1) is 37.2 Å². The normalized spacial score (nSPS) is 22.7. The van der Waals surface area contributed by atoms with Crippen molar-refractivity contribution in [2.24, 2.45) is 5.92 Å². The molecule has 0 aromatic heterocycles. The molecule has 2 aliphatic carbocycles. The van der Waals surface area contributed by atoms with Gasteiger partial charge >= 0.3 is 0 Å². The van der Waals surface area contributed by atoms with Crippen molar-refractivity contribution >= 4 is 10.0 Å². The first-order valence-electron chi connectivity index (χ1n) is 9.80. The molecule has 0 unspecified atom stereocenters. The molecule has 0 bridgehead atoms. The monoisotopic (exact) mass is 381 g/mol. The van der Waals surface area contributed by atoms with Gasteiger partial charge < -0.3 is 0 Å². The average Bonchev–Trinajstić information content (AvgIpc) is 2.69.